The van der Waals surface area contributed by atoms with Crippen LogP contribution in [0.25, 0.3) is 10.7 Å². The summed E-state index contributed by atoms with van der Waals surface area (Å²) in [5.41, 5.74) is 2.24. The molecule has 0 aliphatic carbocycles. The number of H-pyrrole nitrogens is 1. The quantitative estimate of drug-likeness (QED) is 0.915. The number of nitrogens with zero attached hydrogens (tertiary/aromatic N) is 3. The molecule has 1 saturated heterocycles. The fourth-order valence-corrected chi connectivity index (χ4v) is 3.26. The molecule has 6 nitrogen and oxygen atoms in total. The Morgan fingerprint density at radius 2 is 2.38 bits per heavy atom. The van der Waals surface area contributed by atoms with Crippen molar-refractivity contribution in [2.75, 3.05) is 24.7 Å². The molecule has 3 rings (SSSR count). The fourth-order valence-electron chi connectivity index (χ4n) is 2.32. The van der Waals surface area contributed by atoms with Crippen LogP contribution in [-0.2, 0) is 4.74 Å². The van der Waals surface area contributed by atoms with Gasteiger partial charge in [-0.25, -0.2) is 9.97 Å². The Balaban J connectivity index is 2.10. The highest BCUT2D eigenvalue weighted by atomic mass is 35.5. The molecule has 1 N–H and O–H groups in total. The Hall–Kier alpha value is -1.44. The first-order valence-corrected chi connectivity index (χ1v) is 7.88. The summed E-state index contributed by atoms with van der Waals surface area (Å²) >= 11 is 7.61. The molecule has 1 atom stereocenters. The summed E-state index contributed by atoms with van der Waals surface area (Å²) in [5.74, 6) is 1.03. The number of morpholine rings is 1. The summed E-state index contributed by atoms with van der Waals surface area (Å²) in [7, 11) is 0. The molecule has 0 saturated carbocycles. The number of anilines is 1. The second kappa shape index (κ2) is 5.75. The maximum Gasteiger partial charge on any atom is 0.272 e. The monoisotopic (exact) mass is 326 g/mol. The largest absolute Gasteiger partial charge is 0.377 e. The summed E-state index contributed by atoms with van der Waals surface area (Å²) in [6.45, 7) is 5.77. The number of hydrogen-bond donors (Lipinski definition) is 1. The molecule has 8 heteroatoms. The molecule has 0 bridgehead atoms. The number of halogens is 1. The van der Waals surface area contributed by atoms with Gasteiger partial charge in [-0.3, -0.25) is 4.79 Å². The Labute approximate surface area is 130 Å². The average molecular weight is 327 g/mol. The van der Waals surface area contributed by atoms with Crippen LogP contribution in [0.4, 0.5) is 5.82 Å². The van der Waals surface area contributed by atoms with E-state index >= 15 is 0 Å². The van der Waals surface area contributed by atoms with Gasteiger partial charge in [0.15, 0.2) is 11.6 Å². The Morgan fingerprint density at radius 3 is 3.05 bits per heavy atom. The van der Waals surface area contributed by atoms with Gasteiger partial charge in [-0.05, 0) is 13.8 Å². The van der Waals surface area contributed by atoms with Crippen molar-refractivity contribution >= 4 is 28.8 Å². The number of ether oxygens (including phenoxy) is 1. The number of hydrogen-bond acceptors (Lipinski definition) is 6. The number of rotatable bonds is 2. The zero-order valence-corrected chi connectivity index (χ0v) is 13.3. The van der Waals surface area contributed by atoms with E-state index in [-0.39, 0.29) is 16.6 Å². The van der Waals surface area contributed by atoms with Crippen LogP contribution in [0.1, 0.15) is 12.6 Å². The molecule has 0 radical (unpaired) electrons. The van der Waals surface area contributed by atoms with Crippen molar-refractivity contribution in [2.24, 2.45) is 0 Å². The predicted octanol–water partition coefficient (Wildman–Crippen LogP) is 2.08. The zero-order chi connectivity index (χ0) is 15.0. The van der Waals surface area contributed by atoms with Crippen molar-refractivity contribution in [3.05, 3.63) is 26.6 Å². The van der Waals surface area contributed by atoms with E-state index in [0.29, 0.717) is 31.4 Å². The highest BCUT2D eigenvalue weighted by molar-refractivity contribution is 7.13. The minimum Gasteiger partial charge on any atom is -0.377 e. The third-order valence-corrected chi connectivity index (χ3v) is 4.72. The smallest absolute Gasteiger partial charge is 0.272 e. The lowest BCUT2D eigenvalue weighted by Gasteiger charge is -2.34. The first-order chi connectivity index (χ1) is 10.1. The highest BCUT2D eigenvalue weighted by Crippen LogP contribution is 2.28. The lowest BCUT2D eigenvalue weighted by molar-refractivity contribution is 0.0985. The molecule has 1 fully saturated rings. The van der Waals surface area contributed by atoms with Crippen LogP contribution in [0, 0.1) is 6.92 Å². The van der Waals surface area contributed by atoms with Crippen LogP contribution >= 0.6 is 22.9 Å². The molecular weight excluding hydrogens is 312 g/mol. The molecule has 1 aliphatic heterocycles. The van der Waals surface area contributed by atoms with Gasteiger partial charge >= 0.3 is 0 Å². The standard InChI is InChI=1S/C13H15ClN4O2S/c1-7-5-20-4-3-18(7)12-9(14)13(19)17-11(16-12)10-8(2)15-6-21-10/h6-7H,3-5H2,1-2H3,(H,16,17,19)/t7-/m1/s1. The Morgan fingerprint density at radius 1 is 1.57 bits per heavy atom. The molecule has 1 aliphatic rings. The van der Waals surface area contributed by atoms with Gasteiger partial charge in [0, 0.05) is 6.54 Å². The Kier molecular flexibility index (Phi) is 3.97. The molecule has 112 valence electrons. The van der Waals surface area contributed by atoms with E-state index in [4.69, 9.17) is 16.3 Å². The third-order valence-electron chi connectivity index (χ3n) is 3.45. The van der Waals surface area contributed by atoms with E-state index in [1.165, 1.54) is 11.3 Å². The van der Waals surface area contributed by atoms with Gasteiger partial charge in [0.2, 0.25) is 0 Å². The second-order valence-corrected chi connectivity index (χ2v) is 6.17. The van der Waals surface area contributed by atoms with Crippen molar-refractivity contribution in [3.8, 4) is 10.7 Å². The predicted molar refractivity (Wildman–Crippen MR) is 83.3 cm³/mol. The number of aryl methyl sites for hydroxylation is 1. The summed E-state index contributed by atoms with van der Waals surface area (Å²) in [6, 6.07) is 0.126. The van der Waals surface area contributed by atoms with Gasteiger partial charge in [0.25, 0.3) is 5.56 Å². The number of aromatic nitrogens is 3. The maximum atomic E-state index is 12.1. The van der Waals surface area contributed by atoms with Gasteiger partial charge in [-0.1, -0.05) is 11.6 Å². The average Bonchev–Trinajstić information content (AvgIpc) is 2.89. The Bertz CT molecular complexity index is 714. The summed E-state index contributed by atoms with van der Waals surface area (Å²) in [6.07, 6.45) is 0. The normalized spacial score (nSPS) is 19.0. The van der Waals surface area contributed by atoms with Gasteiger partial charge in [-0.15, -0.1) is 11.3 Å². The summed E-state index contributed by atoms with van der Waals surface area (Å²) < 4.78 is 5.42. The summed E-state index contributed by atoms with van der Waals surface area (Å²) in [5, 5.41) is 0.120. The maximum absolute atomic E-state index is 12.1. The molecule has 2 aromatic heterocycles. The van der Waals surface area contributed by atoms with Crippen LogP contribution in [-0.4, -0.2) is 40.8 Å². The minimum absolute atomic E-state index is 0.120. The van der Waals surface area contributed by atoms with E-state index in [1.807, 2.05) is 18.7 Å². The first-order valence-electron chi connectivity index (χ1n) is 6.62. The summed E-state index contributed by atoms with van der Waals surface area (Å²) in [4.78, 5) is 26.5. The highest BCUT2D eigenvalue weighted by Gasteiger charge is 2.25. The zero-order valence-electron chi connectivity index (χ0n) is 11.7. The second-order valence-electron chi connectivity index (χ2n) is 4.94. The molecule has 0 spiro atoms. The topological polar surface area (TPSA) is 71.1 Å². The van der Waals surface area contributed by atoms with E-state index in [1.54, 1.807) is 5.51 Å². The van der Waals surface area contributed by atoms with Crippen molar-refractivity contribution in [1.29, 1.82) is 0 Å². The number of nitrogens with one attached hydrogen (secondary N) is 1. The van der Waals surface area contributed by atoms with Crippen molar-refractivity contribution < 1.29 is 4.74 Å². The van der Waals surface area contributed by atoms with Crippen molar-refractivity contribution in [2.45, 2.75) is 19.9 Å². The number of thiazole rings is 1. The first kappa shape index (κ1) is 14.5. The molecule has 2 aromatic rings. The molecular formula is C13H15ClN4O2S. The van der Waals surface area contributed by atoms with Crippen molar-refractivity contribution in [3.63, 3.8) is 0 Å². The lowest BCUT2D eigenvalue weighted by atomic mass is 10.2. The molecule has 0 aromatic carbocycles. The molecule has 21 heavy (non-hydrogen) atoms. The van der Waals surface area contributed by atoms with E-state index in [2.05, 4.69) is 15.0 Å². The molecule has 0 amide bonds. The molecule has 0 unspecified atom stereocenters. The third kappa shape index (κ3) is 2.68. The fraction of sp³-hybridized carbons (Fsp3) is 0.462. The van der Waals surface area contributed by atoms with E-state index in [9.17, 15) is 4.79 Å². The van der Waals surface area contributed by atoms with Crippen LogP contribution in [0.15, 0.2) is 10.3 Å². The SMILES string of the molecule is Cc1ncsc1-c1nc(N2CCOC[C@H]2C)c(Cl)c(=O)[nH]1. The number of aromatic amines is 1. The van der Waals surface area contributed by atoms with Crippen LogP contribution < -0.4 is 10.5 Å². The van der Waals surface area contributed by atoms with Gasteiger partial charge in [0.1, 0.15) is 5.02 Å². The van der Waals surface area contributed by atoms with Crippen LogP contribution in [0.5, 0.6) is 0 Å². The lowest BCUT2D eigenvalue weighted by Crippen LogP contribution is -2.44. The minimum atomic E-state index is -0.330. The van der Waals surface area contributed by atoms with Gasteiger partial charge in [-0.2, -0.15) is 0 Å². The van der Waals surface area contributed by atoms with Gasteiger partial charge in [0.05, 0.1) is 35.3 Å². The van der Waals surface area contributed by atoms with Gasteiger partial charge < -0.3 is 14.6 Å². The van der Waals surface area contributed by atoms with Crippen molar-refractivity contribution in [1.82, 2.24) is 15.0 Å². The van der Waals surface area contributed by atoms with Crippen LogP contribution in [0.2, 0.25) is 5.02 Å². The molecule has 3 heterocycles. The van der Waals surface area contributed by atoms with E-state index < -0.39 is 0 Å². The van der Waals surface area contributed by atoms with Crippen LogP contribution in [0.3, 0.4) is 0 Å². The van der Waals surface area contributed by atoms with E-state index in [0.717, 1.165) is 10.6 Å².